The number of nitrogens with zero attached hydrogens (tertiary/aromatic N) is 1. The molecule has 0 rings (SSSR count). The Kier molecular flexibility index (Phi) is 19.8. The van der Waals surface area contributed by atoms with Gasteiger partial charge in [-0.15, -0.1) is 0 Å². The number of ether oxygens (including phenoxy) is 4. The summed E-state index contributed by atoms with van der Waals surface area (Å²) in [5, 5.41) is 0. The van der Waals surface area contributed by atoms with Gasteiger partial charge >= 0.3 is 29.6 Å². The molecule has 23 heavy (non-hydrogen) atoms. The van der Waals surface area contributed by atoms with E-state index in [0.717, 1.165) is 6.54 Å². The van der Waals surface area contributed by atoms with Crippen LogP contribution < -0.4 is 29.6 Å². The van der Waals surface area contributed by atoms with Gasteiger partial charge < -0.3 is 28.4 Å². The third-order valence-corrected chi connectivity index (χ3v) is 3.27. The fourth-order valence-corrected chi connectivity index (χ4v) is 1.82. The quantitative estimate of drug-likeness (QED) is 0.158. The summed E-state index contributed by atoms with van der Waals surface area (Å²) < 4.78 is 52.0. The molecule has 0 spiro atoms. The Morgan fingerprint density at radius 1 is 0.783 bits per heavy atom. The van der Waals surface area contributed by atoms with E-state index in [0.29, 0.717) is 46.2 Å². The monoisotopic (exact) mass is 365 g/mol. The second-order valence-electron chi connectivity index (χ2n) is 4.87. The SMILES string of the molecule is CN(C)CCOCCOCCOCCOCCCS(=O)(=O)[O-].[Na+]. The van der Waals surface area contributed by atoms with Gasteiger partial charge in [-0.25, -0.2) is 8.42 Å². The number of rotatable bonds is 16. The van der Waals surface area contributed by atoms with Gasteiger partial charge in [0.15, 0.2) is 0 Å². The molecule has 0 aromatic carbocycles. The molecule has 0 atom stereocenters. The normalized spacial score (nSPS) is 11.7. The van der Waals surface area contributed by atoms with Gasteiger partial charge in [0.05, 0.1) is 56.4 Å². The van der Waals surface area contributed by atoms with Crippen LogP contribution in [0, 0.1) is 0 Å². The van der Waals surface area contributed by atoms with E-state index in [1.807, 2.05) is 14.1 Å². The summed E-state index contributed by atoms with van der Waals surface area (Å²) in [5.41, 5.74) is 0. The number of hydrogen-bond acceptors (Lipinski definition) is 8. The summed E-state index contributed by atoms with van der Waals surface area (Å²) in [6, 6.07) is 0. The minimum atomic E-state index is -4.14. The van der Waals surface area contributed by atoms with Crippen LogP contribution in [0.2, 0.25) is 0 Å². The van der Waals surface area contributed by atoms with Crippen molar-refractivity contribution in [3.63, 3.8) is 0 Å². The van der Waals surface area contributed by atoms with Crippen molar-refractivity contribution in [2.45, 2.75) is 6.42 Å². The van der Waals surface area contributed by atoms with Crippen LogP contribution >= 0.6 is 0 Å². The van der Waals surface area contributed by atoms with Crippen molar-refractivity contribution >= 4 is 10.1 Å². The van der Waals surface area contributed by atoms with Crippen molar-refractivity contribution in [1.29, 1.82) is 0 Å². The van der Waals surface area contributed by atoms with Gasteiger partial charge in [-0.1, -0.05) is 0 Å². The van der Waals surface area contributed by atoms with Crippen LogP contribution in [0.5, 0.6) is 0 Å². The zero-order chi connectivity index (χ0) is 16.7. The minimum absolute atomic E-state index is 0. The first-order valence-electron chi connectivity index (χ1n) is 7.31. The maximum absolute atomic E-state index is 10.3. The van der Waals surface area contributed by atoms with Crippen molar-refractivity contribution in [2.24, 2.45) is 0 Å². The van der Waals surface area contributed by atoms with Crippen LogP contribution in [-0.4, -0.2) is 97.1 Å². The molecule has 0 aliphatic carbocycles. The van der Waals surface area contributed by atoms with Gasteiger partial charge in [0, 0.05) is 18.9 Å². The molecule has 0 saturated carbocycles. The molecule has 0 unspecified atom stereocenters. The first-order chi connectivity index (χ1) is 10.4. The maximum Gasteiger partial charge on any atom is 1.00 e. The van der Waals surface area contributed by atoms with Gasteiger partial charge in [-0.3, -0.25) is 0 Å². The Balaban J connectivity index is 0. The van der Waals surface area contributed by atoms with Crippen molar-refractivity contribution in [1.82, 2.24) is 4.90 Å². The van der Waals surface area contributed by atoms with Crippen LogP contribution in [0.25, 0.3) is 0 Å². The second kappa shape index (κ2) is 17.5. The molecule has 0 aliphatic heterocycles. The van der Waals surface area contributed by atoms with Crippen LogP contribution in [0.3, 0.4) is 0 Å². The molecule has 0 N–H and O–H groups in total. The summed E-state index contributed by atoms with van der Waals surface area (Å²) in [5.74, 6) is -0.391. The predicted octanol–water partition coefficient (Wildman–Crippen LogP) is -3.45. The second-order valence-corrected chi connectivity index (χ2v) is 6.39. The molecule has 0 radical (unpaired) electrons. The molecule has 0 heterocycles. The van der Waals surface area contributed by atoms with E-state index in [4.69, 9.17) is 18.9 Å². The zero-order valence-electron chi connectivity index (χ0n) is 14.5. The molecule has 0 saturated heterocycles. The Morgan fingerprint density at radius 3 is 1.57 bits per heavy atom. The van der Waals surface area contributed by atoms with E-state index < -0.39 is 15.9 Å². The molecule has 134 valence electrons. The van der Waals surface area contributed by atoms with Crippen LogP contribution in [-0.2, 0) is 29.1 Å². The number of likely N-dealkylation sites (N-methyl/N-ethyl adjacent to an activating group) is 1. The van der Waals surface area contributed by atoms with E-state index in [9.17, 15) is 13.0 Å². The van der Waals surface area contributed by atoms with Gasteiger partial charge in [0.2, 0.25) is 0 Å². The first-order valence-corrected chi connectivity index (χ1v) is 8.89. The van der Waals surface area contributed by atoms with Crippen molar-refractivity contribution in [3.05, 3.63) is 0 Å². The smallest absolute Gasteiger partial charge is 0.748 e. The fourth-order valence-electron chi connectivity index (χ4n) is 1.35. The van der Waals surface area contributed by atoms with Crippen molar-refractivity contribution in [2.75, 3.05) is 79.2 Å². The van der Waals surface area contributed by atoms with Crippen LogP contribution in [0.1, 0.15) is 6.42 Å². The van der Waals surface area contributed by atoms with Gasteiger partial charge in [-0.2, -0.15) is 0 Å². The molecular formula is C13H28NNaO7S. The maximum atomic E-state index is 10.3. The summed E-state index contributed by atoms with van der Waals surface area (Å²) in [6.07, 6.45) is 0.211. The fraction of sp³-hybridized carbons (Fsp3) is 1.00. The third-order valence-electron chi connectivity index (χ3n) is 2.48. The summed E-state index contributed by atoms with van der Waals surface area (Å²) in [7, 11) is -0.150. The largest absolute Gasteiger partial charge is 1.00 e. The van der Waals surface area contributed by atoms with Crippen LogP contribution in [0.15, 0.2) is 0 Å². The molecule has 0 aliphatic rings. The van der Waals surface area contributed by atoms with Gasteiger partial charge in [0.1, 0.15) is 0 Å². The first kappa shape index (κ1) is 25.9. The summed E-state index contributed by atoms with van der Waals surface area (Å²) >= 11 is 0. The average Bonchev–Trinajstić information content (AvgIpc) is 2.41. The minimum Gasteiger partial charge on any atom is -0.748 e. The van der Waals surface area contributed by atoms with Gasteiger partial charge in [-0.05, 0) is 20.5 Å². The Bertz CT molecular complexity index is 341. The summed E-state index contributed by atoms with van der Waals surface area (Å²) in [4.78, 5) is 2.05. The Morgan fingerprint density at radius 2 is 1.17 bits per heavy atom. The molecule has 0 aromatic rings. The standard InChI is InChI=1S/C13H29NO7S.Na/c1-14(2)4-6-19-8-10-21-12-11-20-9-7-18-5-3-13-22(15,16)17;/h3-13H2,1-2H3,(H,15,16,17);/q;+1/p-1. The number of hydrogen-bond donors (Lipinski definition) is 0. The van der Waals surface area contributed by atoms with Crippen molar-refractivity contribution < 1.29 is 61.5 Å². The molecule has 10 heteroatoms. The Labute approximate surface area is 161 Å². The molecule has 0 fully saturated rings. The molecule has 8 nitrogen and oxygen atoms in total. The zero-order valence-corrected chi connectivity index (χ0v) is 17.3. The third kappa shape index (κ3) is 25.1. The van der Waals surface area contributed by atoms with Crippen molar-refractivity contribution in [3.8, 4) is 0 Å². The topological polar surface area (TPSA) is 97.4 Å². The van der Waals surface area contributed by atoms with E-state index in [1.54, 1.807) is 0 Å². The van der Waals surface area contributed by atoms with E-state index >= 15 is 0 Å². The molecular weight excluding hydrogens is 337 g/mol. The van der Waals surface area contributed by atoms with Crippen LogP contribution in [0.4, 0.5) is 0 Å². The molecule has 0 aromatic heterocycles. The summed E-state index contributed by atoms with van der Waals surface area (Å²) in [6.45, 7) is 4.67. The van der Waals surface area contributed by atoms with E-state index in [2.05, 4.69) is 4.90 Å². The predicted molar refractivity (Wildman–Crippen MR) is 81.0 cm³/mol. The average molecular weight is 365 g/mol. The van der Waals surface area contributed by atoms with Gasteiger partial charge in [0.25, 0.3) is 0 Å². The molecule has 0 amide bonds. The van der Waals surface area contributed by atoms with E-state index in [1.165, 1.54) is 0 Å². The Hall–Kier alpha value is 0.710. The van der Waals surface area contributed by atoms with E-state index in [-0.39, 0.29) is 42.6 Å². The molecule has 0 bridgehead atoms.